The average Bonchev–Trinajstić information content (AvgIpc) is 2.59. The highest BCUT2D eigenvalue weighted by molar-refractivity contribution is 7.99. The first kappa shape index (κ1) is 10.3. The highest BCUT2D eigenvalue weighted by Crippen LogP contribution is 2.38. The van der Waals surface area contributed by atoms with E-state index >= 15 is 0 Å². The summed E-state index contributed by atoms with van der Waals surface area (Å²) >= 11 is 9.65. The van der Waals surface area contributed by atoms with E-state index in [0.717, 1.165) is 11.4 Å². The minimum absolute atomic E-state index is 0.878. The molecule has 0 fully saturated rings. The van der Waals surface area contributed by atoms with Gasteiger partial charge >= 0.3 is 0 Å². The van der Waals surface area contributed by atoms with Gasteiger partial charge in [0.25, 0.3) is 0 Å². The molecule has 3 heteroatoms. The summed E-state index contributed by atoms with van der Waals surface area (Å²) in [4.78, 5) is 1.39. The lowest BCUT2D eigenvalue weighted by Gasteiger charge is -2.05. The van der Waals surface area contributed by atoms with Crippen LogP contribution in [0.4, 0.5) is 0 Å². The summed E-state index contributed by atoms with van der Waals surface area (Å²) in [6.07, 6.45) is 3.21. The lowest BCUT2D eigenvalue weighted by atomic mass is 10.1. The number of benzene rings is 1. The highest BCUT2D eigenvalue weighted by atomic mass is 35.5. The normalized spacial score (nSPS) is 11.1. The Balaban J connectivity index is 2.77. The summed E-state index contributed by atoms with van der Waals surface area (Å²) in [6.45, 7) is 2.19. The molecule has 0 N–H and O–H groups in total. The van der Waals surface area contributed by atoms with E-state index in [9.17, 15) is 0 Å². The third-order valence-electron chi connectivity index (χ3n) is 2.32. The van der Waals surface area contributed by atoms with Crippen molar-refractivity contribution in [2.24, 2.45) is 0 Å². The highest BCUT2D eigenvalue weighted by Gasteiger charge is 2.09. The number of rotatable bonds is 2. The Kier molecular flexibility index (Phi) is 3.05. The van der Waals surface area contributed by atoms with Crippen LogP contribution in [0.15, 0.2) is 22.4 Å². The van der Waals surface area contributed by atoms with E-state index < -0.39 is 0 Å². The number of hydrogen-bond donors (Lipinski definition) is 0. The number of thioether (sulfide) groups is 1. The van der Waals surface area contributed by atoms with Gasteiger partial charge in [0.05, 0.1) is 5.02 Å². The lowest BCUT2D eigenvalue weighted by molar-refractivity contribution is 1.10. The number of aryl methyl sites for hydroxylation is 1. The summed E-state index contributed by atoms with van der Waals surface area (Å²) in [5.74, 6) is 0. The maximum absolute atomic E-state index is 6.10. The minimum atomic E-state index is 0.878. The average molecular weight is 243 g/mol. The summed E-state index contributed by atoms with van der Waals surface area (Å²) in [6, 6.07) is 4.32. The van der Waals surface area contributed by atoms with Gasteiger partial charge in [0, 0.05) is 20.4 Å². The minimum Gasteiger partial charge on any atom is -0.141 e. The Morgan fingerprint density at radius 2 is 2.21 bits per heavy atom. The Morgan fingerprint density at radius 3 is 2.86 bits per heavy atom. The van der Waals surface area contributed by atoms with Crippen molar-refractivity contribution in [3.63, 3.8) is 0 Å². The smallest absolute Gasteiger partial charge is 0.0592 e. The van der Waals surface area contributed by atoms with Crippen LogP contribution in [0.2, 0.25) is 5.02 Å². The van der Waals surface area contributed by atoms with Gasteiger partial charge in [-0.3, -0.25) is 0 Å². The number of halogens is 1. The van der Waals surface area contributed by atoms with Crippen molar-refractivity contribution in [1.29, 1.82) is 0 Å². The van der Waals surface area contributed by atoms with Crippen LogP contribution in [0.5, 0.6) is 0 Å². The van der Waals surface area contributed by atoms with Gasteiger partial charge in [-0.05, 0) is 18.2 Å². The molecule has 2 aromatic rings. The fourth-order valence-corrected chi connectivity index (χ4v) is 3.99. The zero-order chi connectivity index (χ0) is 10.1. The van der Waals surface area contributed by atoms with Crippen LogP contribution in [0.3, 0.4) is 0 Å². The number of hydrogen-bond acceptors (Lipinski definition) is 2. The van der Waals surface area contributed by atoms with Crippen LogP contribution >= 0.6 is 34.7 Å². The van der Waals surface area contributed by atoms with Gasteiger partial charge in [0.1, 0.15) is 0 Å². The molecule has 0 radical (unpaired) electrons. The summed E-state index contributed by atoms with van der Waals surface area (Å²) in [7, 11) is 0. The SMILES string of the molecule is CCc1ccc2c(Cl)csc2c1SC. The molecule has 0 unspecified atom stereocenters. The van der Waals surface area contributed by atoms with Crippen LogP contribution in [-0.2, 0) is 6.42 Å². The second kappa shape index (κ2) is 4.13. The van der Waals surface area contributed by atoms with Crippen LogP contribution in [0.1, 0.15) is 12.5 Å². The van der Waals surface area contributed by atoms with Gasteiger partial charge in [-0.1, -0.05) is 30.7 Å². The summed E-state index contributed by atoms with van der Waals surface area (Å²) in [5, 5.41) is 4.09. The molecule has 1 aromatic carbocycles. The summed E-state index contributed by atoms with van der Waals surface area (Å²) < 4.78 is 1.34. The third kappa shape index (κ3) is 1.56. The van der Waals surface area contributed by atoms with Gasteiger partial charge in [0.2, 0.25) is 0 Å². The van der Waals surface area contributed by atoms with Crippen molar-refractivity contribution in [2.45, 2.75) is 18.2 Å². The Morgan fingerprint density at radius 1 is 1.43 bits per heavy atom. The molecule has 74 valence electrons. The van der Waals surface area contributed by atoms with Crippen molar-refractivity contribution in [1.82, 2.24) is 0 Å². The molecule has 1 heterocycles. The Hall–Kier alpha value is -0.180. The lowest BCUT2D eigenvalue weighted by Crippen LogP contribution is -1.84. The van der Waals surface area contributed by atoms with Crippen molar-refractivity contribution in [2.75, 3.05) is 6.26 Å². The second-order valence-corrected chi connectivity index (χ2v) is 5.18. The molecule has 2 rings (SSSR count). The molecule has 0 bridgehead atoms. The zero-order valence-electron chi connectivity index (χ0n) is 8.13. The van der Waals surface area contributed by atoms with Crippen molar-refractivity contribution < 1.29 is 0 Å². The molecule has 0 atom stereocenters. The van der Waals surface area contributed by atoms with E-state index in [1.807, 2.05) is 17.1 Å². The second-order valence-electron chi connectivity index (χ2n) is 3.07. The maximum Gasteiger partial charge on any atom is 0.0592 e. The number of fused-ring (bicyclic) bond motifs is 1. The van der Waals surface area contributed by atoms with Gasteiger partial charge in [-0.2, -0.15) is 0 Å². The van der Waals surface area contributed by atoms with Gasteiger partial charge in [-0.15, -0.1) is 23.1 Å². The quantitative estimate of drug-likeness (QED) is 0.679. The van der Waals surface area contributed by atoms with E-state index in [0.29, 0.717) is 0 Å². The summed E-state index contributed by atoms with van der Waals surface area (Å²) in [5.41, 5.74) is 1.42. The van der Waals surface area contributed by atoms with Crippen molar-refractivity contribution >= 4 is 44.8 Å². The molecule has 14 heavy (non-hydrogen) atoms. The molecule has 0 aliphatic rings. The van der Waals surface area contributed by atoms with E-state index in [-0.39, 0.29) is 0 Å². The van der Waals surface area contributed by atoms with Crippen LogP contribution in [0, 0.1) is 0 Å². The molecule has 0 saturated carbocycles. The molecule has 0 saturated heterocycles. The van der Waals surface area contributed by atoms with Gasteiger partial charge in [-0.25, -0.2) is 0 Å². The van der Waals surface area contributed by atoms with Crippen LogP contribution in [-0.4, -0.2) is 6.26 Å². The molecule has 0 aliphatic carbocycles. The predicted molar refractivity (Wildman–Crippen MR) is 68.0 cm³/mol. The van der Waals surface area contributed by atoms with Gasteiger partial charge in [0.15, 0.2) is 0 Å². The topological polar surface area (TPSA) is 0 Å². The molecular formula is C11H11ClS2. The maximum atomic E-state index is 6.10. The Labute approximate surface area is 97.3 Å². The first-order valence-corrected chi connectivity index (χ1v) is 6.98. The van der Waals surface area contributed by atoms with E-state index in [2.05, 4.69) is 25.3 Å². The standard InChI is InChI=1S/C11H11ClS2/c1-3-7-4-5-8-9(12)6-14-11(8)10(7)13-2/h4-6H,3H2,1-2H3. The molecule has 0 spiro atoms. The van der Waals surface area contributed by atoms with Crippen LogP contribution in [0.25, 0.3) is 10.1 Å². The van der Waals surface area contributed by atoms with Crippen LogP contribution < -0.4 is 0 Å². The Bertz CT molecular complexity index is 460. The largest absolute Gasteiger partial charge is 0.141 e. The van der Waals surface area contributed by atoms with Crippen molar-refractivity contribution in [3.05, 3.63) is 28.1 Å². The molecular weight excluding hydrogens is 232 g/mol. The van der Waals surface area contributed by atoms with E-state index in [4.69, 9.17) is 11.6 Å². The monoisotopic (exact) mass is 242 g/mol. The molecule has 0 amide bonds. The van der Waals surface area contributed by atoms with Crippen molar-refractivity contribution in [3.8, 4) is 0 Å². The van der Waals surface area contributed by atoms with E-state index in [1.54, 1.807) is 11.3 Å². The molecule has 1 aromatic heterocycles. The number of thiophene rings is 1. The first-order valence-electron chi connectivity index (χ1n) is 4.50. The molecule has 0 aliphatic heterocycles. The third-order valence-corrected chi connectivity index (χ3v) is 4.78. The predicted octanol–water partition coefficient (Wildman–Crippen LogP) is 4.84. The fourth-order valence-electron chi connectivity index (χ4n) is 1.58. The fraction of sp³-hybridized carbons (Fsp3) is 0.273. The zero-order valence-corrected chi connectivity index (χ0v) is 10.5. The van der Waals surface area contributed by atoms with Gasteiger partial charge < -0.3 is 0 Å². The van der Waals surface area contributed by atoms with E-state index in [1.165, 1.54) is 20.5 Å². The first-order chi connectivity index (χ1) is 6.77. The molecule has 0 nitrogen and oxygen atoms in total.